The molecule has 8 nitrogen and oxygen atoms in total. The fourth-order valence-electron chi connectivity index (χ4n) is 5.88. The van der Waals surface area contributed by atoms with E-state index in [9.17, 15) is 33.8 Å². The molecule has 1 saturated heterocycles. The molecule has 2 aliphatic rings. The summed E-state index contributed by atoms with van der Waals surface area (Å²) in [6.45, 7) is 1.58. The highest BCUT2D eigenvalue weighted by atomic mass is 19.4. The number of aromatic hydroxyl groups is 2. The van der Waals surface area contributed by atoms with E-state index in [-0.39, 0.29) is 42.7 Å². The normalized spacial score (nSPS) is 23.6. The number of nitriles is 1. The Morgan fingerprint density at radius 1 is 1.10 bits per heavy atom. The van der Waals surface area contributed by atoms with Crippen LogP contribution in [0.5, 0.6) is 17.6 Å². The van der Waals surface area contributed by atoms with Crippen LogP contribution in [0.25, 0.3) is 16.5 Å². The zero-order valence-electron chi connectivity index (χ0n) is 20.5. The van der Waals surface area contributed by atoms with Crippen LogP contribution in [0.2, 0.25) is 0 Å². The minimum Gasteiger partial charge on any atom is -0.494 e. The van der Waals surface area contributed by atoms with Crippen molar-refractivity contribution in [1.29, 1.82) is 5.26 Å². The molecule has 1 fully saturated rings. The molecule has 0 aliphatic carbocycles. The first-order chi connectivity index (χ1) is 18.5. The number of aromatic nitrogens is 2. The fraction of sp³-hybridized carbons (Fsp3) is 0.286. The van der Waals surface area contributed by atoms with Crippen molar-refractivity contribution in [2.45, 2.75) is 43.2 Å². The first-order valence-corrected chi connectivity index (χ1v) is 12.1. The van der Waals surface area contributed by atoms with Crippen LogP contribution >= 0.6 is 0 Å². The van der Waals surface area contributed by atoms with Crippen LogP contribution in [-0.2, 0) is 22.1 Å². The maximum atomic E-state index is 12.8. The van der Waals surface area contributed by atoms with Crippen LogP contribution in [0.4, 0.5) is 13.2 Å². The predicted octanol–water partition coefficient (Wildman–Crippen LogP) is 5.00. The third-order valence-corrected chi connectivity index (χ3v) is 7.72. The van der Waals surface area contributed by atoms with E-state index in [1.54, 1.807) is 43.3 Å². The lowest BCUT2D eigenvalue weighted by Crippen LogP contribution is -2.33. The van der Waals surface area contributed by atoms with Gasteiger partial charge in [0.25, 0.3) is 0 Å². The number of halogens is 3. The summed E-state index contributed by atoms with van der Waals surface area (Å²) in [5.41, 5.74) is -2.02. The average molecular weight is 537 g/mol. The van der Waals surface area contributed by atoms with Gasteiger partial charge in [-0.15, -0.1) is 0 Å². The van der Waals surface area contributed by atoms with E-state index >= 15 is 0 Å². The second kappa shape index (κ2) is 8.36. The van der Waals surface area contributed by atoms with Crippen molar-refractivity contribution >= 4 is 10.8 Å². The molecular weight excluding hydrogens is 515 g/mol. The van der Waals surface area contributed by atoms with Gasteiger partial charge in [0.15, 0.2) is 0 Å². The van der Waals surface area contributed by atoms with Crippen molar-refractivity contribution in [3.05, 3.63) is 77.0 Å². The van der Waals surface area contributed by atoms with Crippen molar-refractivity contribution in [2.24, 2.45) is 0 Å². The second-order valence-corrected chi connectivity index (χ2v) is 9.93. The van der Waals surface area contributed by atoms with Gasteiger partial charge in [-0.05, 0) is 25.1 Å². The molecule has 3 N–H and O–H groups in total. The standard InChI is InChI=1S/C28H22F3N3O5/c1-26-20(35)12-27(39-26,10-11-38-21-9-7-16(14-33-21)28(29,30)31)23-22(26)24(36)34(25(23)37)19-8-6-15(13-32)17-4-2-3-5-18(17)19/h2-9,14,20,35-37H,10-12H2,1H3/t20-,26-,27+/m0/s1. The molecule has 200 valence electrons. The maximum Gasteiger partial charge on any atom is 0.417 e. The van der Waals surface area contributed by atoms with E-state index in [0.717, 1.165) is 12.1 Å². The molecule has 11 heteroatoms. The summed E-state index contributed by atoms with van der Waals surface area (Å²) in [5.74, 6) is -0.598. The van der Waals surface area contributed by atoms with Gasteiger partial charge in [0.05, 0.1) is 46.7 Å². The molecule has 2 aromatic carbocycles. The monoisotopic (exact) mass is 537 g/mol. The molecule has 2 bridgehead atoms. The van der Waals surface area contributed by atoms with Crippen molar-refractivity contribution in [3.8, 4) is 29.4 Å². The first kappa shape index (κ1) is 25.0. The van der Waals surface area contributed by atoms with Gasteiger partial charge in [0, 0.05) is 35.9 Å². The van der Waals surface area contributed by atoms with Crippen LogP contribution in [0, 0.1) is 11.3 Å². The summed E-state index contributed by atoms with van der Waals surface area (Å²) in [7, 11) is 0. The van der Waals surface area contributed by atoms with Gasteiger partial charge in [-0.1, -0.05) is 24.3 Å². The van der Waals surface area contributed by atoms with Crippen molar-refractivity contribution in [2.75, 3.05) is 6.61 Å². The fourth-order valence-corrected chi connectivity index (χ4v) is 5.88. The Morgan fingerprint density at radius 2 is 1.82 bits per heavy atom. The molecule has 2 aromatic heterocycles. The Kier molecular flexibility index (Phi) is 5.37. The SMILES string of the molecule is C[C@]12O[C@](CCOc3ccc(C(F)(F)F)cn3)(C[C@@H]1O)c1c2c(O)n(-c2ccc(C#N)c3ccccc23)c1O. The number of hydrogen-bond acceptors (Lipinski definition) is 7. The lowest BCUT2D eigenvalue weighted by Gasteiger charge is -2.26. The molecule has 0 radical (unpaired) electrons. The van der Waals surface area contributed by atoms with E-state index < -0.39 is 29.0 Å². The van der Waals surface area contributed by atoms with Gasteiger partial charge >= 0.3 is 6.18 Å². The molecule has 4 aromatic rings. The molecule has 3 atom stereocenters. The van der Waals surface area contributed by atoms with Crippen LogP contribution in [-0.4, -0.2) is 37.6 Å². The number of fused-ring (bicyclic) bond motifs is 6. The molecule has 0 saturated carbocycles. The molecule has 0 unspecified atom stereocenters. The highest BCUT2D eigenvalue weighted by Crippen LogP contribution is 2.65. The lowest BCUT2D eigenvalue weighted by molar-refractivity contribution is -0.137. The summed E-state index contributed by atoms with van der Waals surface area (Å²) >= 11 is 0. The Labute approximate surface area is 220 Å². The highest BCUT2D eigenvalue weighted by Gasteiger charge is 2.66. The topological polar surface area (TPSA) is 121 Å². The number of nitrogens with zero attached hydrogens (tertiary/aromatic N) is 3. The molecule has 39 heavy (non-hydrogen) atoms. The summed E-state index contributed by atoms with van der Waals surface area (Å²) in [6.07, 6.45) is -4.63. The van der Waals surface area contributed by atoms with Crippen molar-refractivity contribution < 1.29 is 38.0 Å². The number of alkyl halides is 3. The van der Waals surface area contributed by atoms with Crippen LogP contribution in [0.3, 0.4) is 0 Å². The van der Waals surface area contributed by atoms with E-state index in [2.05, 4.69) is 11.1 Å². The first-order valence-electron chi connectivity index (χ1n) is 12.1. The van der Waals surface area contributed by atoms with Gasteiger partial charge in [-0.25, -0.2) is 4.98 Å². The summed E-state index contributed by atoms with van der Waals surface area (Å²) in [4.78, 5) is 3.71. The Hall–Kier alpha value is -4.27. The maximum absolute atomic E-state index is 12.8. The quantitative estimate of drug-likeness (QED) is 0.328. The largest absolute Gasteiger partial charge is 0.494 e. The molecule has 0 amide bonds. The van der Waals surface area contributed by atoms with Crippen LogP contribution in [0.1, 0.15) is 42.0 Å². The third kappa shape index (κ3) is 3.56. The zero-order chi connectivity index (χ0) is 27.7. The number of benzene rings is 2. The summed E-state index contributed by atoms with van der Waals surface area (Å²) in [5, 5.41) is 44.6. The highest BCUT2D eigenvalue weighted by molar-refractivity contribution is 5.95. The predicted molar refractivity (Wildman–Crippen MR) is 131 cm³/mol. The lowest BCUT2D eigenvalue weighted by atomic mass is 9.76. The average Bonchev–Trinajstić information content (AvgIpc) is 3.44. The Balaban J connectivity index is 1.38. The van der Waals surface area contributed by atoms with Gasteiger partial charge in [0.2, 0.25) is 17.6 Å². The number of ether oxygens (including phenoxy) is 2. The molecule has 6 rings (SSSR count). The molecule has 0 spiro atoms. The Bertz CT molecular complexity index is 1660. The number of rotatable bonds is 5. The van der Waals surface area contributed by atoms with Crippen LogP contribution in [0.15, 0.2) is 54.7 Å². The van der Waals surface area contributed by atoms with Crippen LogP contribution < -0.4 is 4.74 Å². The molecule has 2 aliphatic heterocycles. The number of hydrogen-bond donors (Lipinski definition) is 3. The van der Waals surface area contributed by atoms with Crippen molar-refractivity contribution in [1.82, 2.24) is 9.55 Å². The van der Waals surface area contributed by atoms with Gasteiger partial charge in [0.1, 0.15) is 11.2 Å². The smallest absolute Gasteiger partial charge is 0.417 e. The molecular formula is C28H22F3N3O5. The van der Waals surface area contributed by atoms with E-state index in [0.29, 0.717) is 33.8 Å². The third-order valence-electron chi connectivity index (χ3n) is 7.72. The second-order valence-electron chi connectivity index (χ2n) is 9.93. The summed E-state index contributed by atoms with van der Waals surface area (Å²) < 4.78 is 51.6. The van der Waals surface area contributed by atoms with E-state index in [4.69, 9.17) is 9.47 Å². The number of aliphatic hydroxyl groups is 1. The number of aliphatic hydroxyl groups excluding tert-OH is 1. The zero-order valence-corrected chi connectivity index (χ0v) is 20.5. The van der Waals surface area contributed by atoms with Gasteiger partial charge < -0.3 is 24.8 Å². The van der Waals surface area contributed by atoms with Crippen molar-refractivity contribution in [3.63, 3.8) is 0 Å². The van der Waals surface area contributed by atoms with Gasteiger partial charge in [-0.2, -0.15) is 18.4 Å². The minimum absolute atomic E-state index is 0.0207. The number of pyridine rings is 1. The summed E-state index contributed by atoms with van der Waals surface area (Å²) in [6, 6.07) is 14.5. The van der Waals surface area contributed by atoms with E-state index in [1.807, 2.05) is 0 Å². The Morgan fingerprint density at radius 3 is 2.49 bits per heavy atom. The van der Waals surface area contributed by atoms with E-state index in [1.165, 1.54) is 4.57 Å². The minimum atomic E-state index is -4.52. The molecule has 4 heterocycles. The van der Waals surface area contributed by atoms with Gasteiger partial charge in [-0.3, -0.25) is 4.57 Å².